The fourth-order valence-electron chi connectivity index (χ4n) is 2.31. The first kappa shape index (κ1) is 19.1. The van der Waals surface area contributed by atoms with Gasteiger partial charge >= 0.3 is 0 Å². The highest BCUT2D eigenvalue weighted by Gasteiger charge is 2.14. The van der Waals surface area contributed by atoms with Crippen LogP contribution in [0.15, 0.2) is 29.7 Å². The number of aromatic nitrogens is 4. The van der Waals surface area contributed by atoms with Crippen molar-refractivity contribution in [3.8, 4) is 11.5 Å². The van der Waals surface area contributed by atoms with Crippen molar-refractivity contribution in [1.29, 1.82) is 0 Å². The molecule has 0 aliphatic heterocycles. The second kappa shape index (κ2) is 8.36. The average molecular weight is 406 g/mol. The van der Waals surface area contributed by atoms with Crippen molar-refractivity contribution < 1.29 is 14.3 Å². The summed E-state index contributed by atoms with van der Waals surface area (Å²) in [5.74, 6) is 1.43. The fraction of sp³-hybridized carbons (Fsp3) is 0.235. The Balaban J connectivity index is 1.73. The summed E-state index contributed by atoms with van der Waals surface area (Å²) in [4.78, 5) is 29.1. The van der Waals surface area contributed by atoms with Crippen LogP contribution in [-0.4, -0.2) is 45.8 Å². The summed E-state index contributed by atoms with van der Waals surface area (Å²) in [6, 6.07) is 3.20. The predicted octanol–water partition coefficient (Wildman–Crippen LogP) is 3.13. The summed E-state index contributed by atoms with van der Waals surface area (Å²) >= 11 is 7.39. The van der Waals surface area contributed by atoms with Crippen molar-refractivity contribution in [2.75, 3.05) is 25.3 Å². The van der Waals surface area contributed by atoms with Crippen LogP contribution in [0.5, 0.6) is 11.5 Å². The first-order chi connectivity index (χ1) is 13.0. The molecule has 27 heavy (non-hydrogen) atoms. The molecule has 0 aliphatic rings. The van der Waals surface area contributed by atoms with Crippen LogP contribution in [0, 0.1) is 6.92 Å². The number of hydrogen-bond donors (Lipinski definition) is 1. The zero-order valence-corrected chi connectivity index (χ0v) is 16.4. The second-order valence-corrected chi connectivity index (χ2v) is 6.73. The molecule has 0 bridgehead atoms. The molecule has 1 aromatic carbocycles. The third kappa shape index (κ3) is 4.37. The lowest BCUT2D eigenvalue weighted by atomic mass is 10.2. The topological polar surface area (TPSA) is 99.1 Å². The molecule has 3 rings (SSSR count). The summed E-state index contributed by atoms with van der Waals surface area (Å²) in [5.41, 5.74) is 1.00. The second-order valence-electron chi connectivity index (χ2n) is 5.36. The van der Waals surface area contributed by atoms with Gasteiger partial charge in [-0.05, 0) is 13.0 Å². The number of fused-ring (bicyclic) bond motifs is 1. The molecular weight excluding hydrogens is 390 g/mol. The van der Waals surface area contributed by atoms with Crippen molar-refractivity contribution in [2.45, 2.75) is 11.9 Å². The maximum atomic E-state index is 12.4. The molecule has 2 heterocycles. The van der Waals surface area contributed by atoms with Crippen LogP contribution >= 0.6 is 23.4 Å². The van der Waals surface area contributed by atoms with Gasteiger partial charge in [0.2, 0.25) is 5.91 Å². The zero-order chi connectivity index (χ0) is 19.4. The van der Waals surface area contributed by atoms with Gasteiger partial charge in [0, 0.05) is 12.3 Å². The summed E-state index contributed by atoms with van der Waals surface area (Å²) in [5, 5.41) is 4.49. The number of aryl methyl sites for hydroxylation is 1. The molecule has 8 nitrogen and oxygen atoms in total. The molecule has 0 saturated carbocycles. The number of carbonyl (C=O) groups is 1. The van der Waals surface area contributed by atoms with Gasteiger partial charge in [0.15, 0.2) is 5.65 Å². The quantitative estimate of drug-likeness (QED) is 0.493. The maximum absolute atomic E-state index is 12.4. The largest absolute Gasteiger partial charge is 0.495 e. The number of rotatable bonds is 6. The molecular formula is C17H16ClN5O3S. The van der Waals surface area contributed by atoms with Crippen molar-refractivity contribution in [2.24, 2.45) is 0 Å². The van der Waals surface area contributed by atoms with E-state index in [1.807, 2.05) is 0 Å². The number of nitrogens with one attached hydrogen (secondary N) is 1. The van der Waals surface area contributed by atoms with Crippen molar-refractivity contribution in [3.05, 3.63) is 35.5 Å². The normalized spacial score (nSPS) is 10.7. The average Bonchev–Trinajstić information content (AvgIpc) is 2.66. The Hall–Kier alpha value is -2.65. The molecule has 3 aromatic rings. The van der Waals surface area contributed by atoms with Crippen LogP contribution in [0.1, 0.15) is 5.82 Å². The molecule has 0 unspecified atom stereocenters. The number of carbonyl (C=O) groups excluding carboxylic acids is 1. The van der Waals surface area contributed by atoms with E-state index in [9.17, 15) is 4.79 Å². The minimum absolute atomic E-state index is 0.132. The van der Waals surface area contributed by atoms with Gasteiger partial charge in [-0.2, -0.15) is 0 Å². The third-order valence-electron chi connectivity index (χ3n) is 3.56. The number of thioether (sulfide) groups is 1. The number of ether oxygens (including phenoxy) is 2. The number of hydrogen-bond acceptors (Lipinski definition) is 8. The summed E-state index contributed by atoms with van der Waals surface area (Å²) in [6.45, 7) is 1.79. The Morgan fingerprint density at radius 1 is 1.19 bits per heavy atom. The number of methoxy groups -OCH3 is 2. The van der Waals surface area contributed by atoms with Crippen LogP contribution in [0.4, 0.5) is 5.69 Å². The van der Waals surface area contributed by atoms with Crippen LogP contribution < -0.4 is 14.8 Å². The Labute approximate surface area is 164 Å². The number of anilines is 1. The van der Waals surface area contributed by atoms with E-state index in [1.54, 1.807) is 25.3 Å². The number of halogens is 1. The van der Waals surface area contributed by atoms with Crippen molar-refractivity contribution in [3.63, 3.8) is 0 Å². The molecule has 2 aromatic heterocycles. The first-order valence-corrected chi connectivity index (χ1v) is 9.16. The molecule has 0 aliphatic carbocycles. The molecule has 1 N–H and O–H groups in total. The lowest BCUT2D eigenvalue weighted by Crippen LogP contribution is -2.15. The molecule has 0 fully saturated rings. The maximum Gasteiger partial charge on any atom is 0.234 e. The highest BCUT2D eigenvalue weighted by Crippen LogP contribution is 2.36. The van der Waals surface area contributed by atoms with E-state index in [1.165, 1.54) is 32.3 Å². The van der Waals surface area contributed by atoms with Crippen LogP contribution in [0.2, 0.25) is 5.02 Å². The predicted molar refractivity (Wildman–Crippen MR) is 104 cm³/mol. The highest BCUT2D eigenvalue weighted by molar-refractivity contribution is 8.00. The minimum atomic E-state index is -0.237. The van der Waals surface area contributed by atoms with Gasteiger partial charge in [0.05, 0.1) is 36.1 Å². The fourth-order valence-corrected chi connectivity index (χ4v) is 3.31. The van der Waals surface area contributed by atoms with Gasteiger partial charge in [-0.1, -0.05) is 23.4 Å². The monoisotopic (exact) mass is 405 g/mol. The molecule has 10 heteroatoms. The van der Waals surface area contributed by atoms with E-state index < -0.39 is 0 Å². The number of amides is 1. The Kier molecular flexibility index (Phi) is 5.92. The summed E-state index contributed by atoms with van der Waals surface area (Å²) < 4.78 is 10.4. The molecule has 0 saturated heterocycles. The first-order valence-electron chi connectivity index (χ1n) is 7.80. The van der Waals surface area contributed by atoms with E-state index in [4.69, 9.17) is 21.1 Å². The third-order valence-corrected chi connectivity index (χ3v) is 4.86. The van der Waals surface area contributed by atoms with Gasteiger partial charge in [0.1, 0.15) is 28.7 Å². The van der Waals surface area contributed by atoms with Crippen LogP contribution in [0.3, 0.4) is 0 Å². The molecule has 0 radical (unpaired) electrons. The van der Waals surface area contributed by atoms with E-state index in [0.29, 0.717) is 44.1 Å². The minimum Gasteiger partial charge on any atom is -0.495 e. The summed E-state index contributed by atoms with van der Waals surface area (Å²) in [7, 11) is 3.01. The van der Waals surface area contributed by atoms with Gasteiger partial charge in [-0.15, -0.1) is 0 Å². The molecule has 0 atom stereocenters. The Morgan fingerprint density at radius 2 is 1.96 bits per heavy atom. The van der Waals surface area contributed by atoms with E-state index in [2.05, 4.69) is 25.3 Å². The van der Waals surface area contributed by atoms with Crippen molar-refractivity contribution in [1.82, 2.24) is 19.9 Å². The standard InChI is InChI=1S/C17H16ClN5O3S/c1-9-19-6-10-16(22-9)20-8-21-17(10)27-7-15(24)23-12-4-11(18)13(25-2)5-14(12)26-3/h4-6,8H,7H2,1-3H3,(H,23,24). The van der Waals surface area contributed by atoms with Crippen LogP contribution in [-0.2, 0) is 4.79 Å². The van der Waals surface area contributed by atoms with E-state index in [0.717, 1.165) is 0 Å². The summed E-state index contributed by atoms with van der Waals surface area (Å²) in [6.07, 6.45) is 3.07. The molecule has 1 amide bonds. The Bertz CT molecular complexity index is 1000. The van der Waals surface area contributed by atoms with Gasteiger partial charge in [0.25, 0.3) is 0 Å². The number of benzene rings is 1. The SMILES string of the molecule is COc1cc(OC)c(NC(=O)CSc2ncnc3nc(C)ncc23)cc1Cl. The van der Waals surface area contributed by atoms with Crippen LogP contribution in [0.25, 0.3) is 11.0 Å². The lowest BCUT2D eigenvalue weighted by Gasteiger charge is -2.13. The zero-order valence-electron chi connectivity index (χ0n) is 14.8. The number of nitrogens with zero attached hydrogens (tertiary/aromatic N) is 4. The van der Waals surface area contributed by atoms with Gasteiger partial charge in [-0.3, -0.25) is 4.79 Å². The molecule has 140 valence electrons. The Morgan fingerprint density at radius 3 is 2.70 bits per heavy atom. The van der Waals surface area contributed by atoms with E-state index >= 15 is 0 Å². The van der Waals surface area contributed by atoms with Crippen molar-refractivity contribution >= 4 is 46.0 Å². The lowest BCUT2D eigenvalue weighted by molar-refractivity contribution is -0.113. The highest BCUT2D eigenvalue weighted by atomic mass is 35.5. The van der Waals surface area contributed by atoms with Gasteiger partial charge in [-0.25, -0.2) is 19.9 Å². The smallest absolute Gasteiger partial charge is 0.234 e. The van der Waals surface area contributed by atoms with E-state index in [-0.39, 0.29) is 11.7 Å². The molecule has 0 spiro atoms. The van der Waals surface area contributed by atoms with Gasteiger partial charge < -0.3 is 14.8 Å².